The molecule has 2 aromatic carbocycles. The van der Waals surface area contributed by atoms with Crippen molar-refractivity contribution in [1.82, 2.24) is 0 Å². The van der Waals surface area contributed by atoms with E-state index in [0.29, 0.717) is 5.56 Å². The van der Waals surface area contributed by atoms with E-state index in [-0.39, 0.29) is 22.7 Å². The first kappa shape index (κ1) is 20.2. The van der Waals surface area contributed by atoms with E-state index in [1.54, 1.807) is 24.3 Å². The summed E-state index contributed by atoms with van der Waals surface area (Å²) < 4.78 is 39.3. The minimum atomic E-state index is -3.10. The average molecular weight is 379 g/mol. The lowest BCUT2D eigenvalue weighted by Gasteiger charge is -2.15. The average Bonchev–Trinajstić information content (AvgIpc) is 2.67. The Labute approximate surface area is 155 Å². The first-order chi connectivity index (χ1) is 12.9. The van der Waals surface area contributed by atoms with Gasteiger partial charge in [0.1, 0.15) is 0 Å². The summed E-state index contributed by atoms with van der Waals surface area (Å²) >= 11 is 0. The number of anilines is 1. The maximum atomic E-state index is 12.6. The number of benzene rings is 2. The molecule has 2 aromatic rings. The zero-order valence-corrected chi connectivity index (χ0v) is 15.0. The Balaban J connectivity index is 2.41. The lowest BCUT2D eigenvalue weighted by atomic mass is 10.1. The number of hydrogen-bond donors (Lipinski definition) is 1. The van der Waals surface area contributed by atoms with Gasteiger partial charge in [0.25, 0.3) is 5.91 Å². The van der Waals surface area contributed by atoms with Crippen LogP contribution in [0.3, 0.4) is 0 Å². The molecule has 0 bridgehead atoms. The van der Waals surface area contributed by atoms with Gasteiger partial charge in [-0.1, -0.05) is 19.1 Å². The Hall–Kier alpha value is -3.16. The van der Waals surface area contributed by atoms with Crippen molar-refractivity contribution in [2.75, 3.05) is 19.5 Å². The van der Waals surface area contributed by atoms with Crippen LogP contribution in [0, 0.1) is 0 Å². The Morgan fingerprint density at radius 2 is 1.74 bits per heavy atom. The molecular weight excluding hydrogens is 360 g/mol. The number of aryl methyl sites for hydroxylation is 1. The van der Waals surface area contributed by atoms with Gasteiger partial charge in [-0.25, -0.2) is 4.79 Å². The van der Waals surface area contributed by atoms with E-state index < -0.39 is 18.5 Å². The van der Waals surface area contributed by atoms with Gasteiger partial charge in [0.05, 0.1) is 25.5 Å². The van der Waals surface area contributed by atoms with Crippen molar-refractivity contribution in [3.63, 3.8) is 0 Å². The van der Waals surface area contributed by atoms with Crippen molar-refractivity contribution in [3.05, 3.63) is 53.1 Å². The van der Waals surface area contributed by atoms with Gasteiger partial charge in [-0.05, 0) is 24.1 Å². The molecule has 144 valence electrons. The number of hydrogen-bond acceptors (Lipinski definition) is 5. The van der Waals surface area contributed by atoms with E-state index in [4.69, 9.17) is 4.74 Å². The van der Waals surface area contributed by atoms with Crippen LogP contribution in [-0.4, -0.2) is 32.7 Å². The highest BCUT2D eigenvalue weighted by molar-refractivity contribution is 6.08. The van der Waals surface area contributed by atoms with Crippen molar-refractivity contribution >= 4 is 17.6 Å². The first-order valence-corrected chi connectivity index (χ1v) is 8.05. The lowest BCUT2D eigenvalue weighted by molar-refractivity contribution is -0.0511. The van der Waals surface area contributed by atoms with Crippen molar-refractivity contribution in [2.45, 2.75) is 20.0 Å². The summed E-state index contributed by atoms with van der Waals surface area (Å²) in [6, 6.07) is 9.12. The Morgan fingerprint density at radius 1 is 1.07 bits per heavy atom. The predicted octanol–water partition coefficient (Wildman–Crippen LogP) is 3.90. The van der Waals surface area contributed by atoms with Crippen LogP contribution >= 0.6 is 0 Å². The Kier molecular flexibility index (Phi) is 6.70. The molecule has 0 radical (unpaired) electrons. The van der Waals surface area contributed by atoms with Crippen molar-refractivity contribution in [2.24, 2.45) is 0 Å². The quantitative estimate of drug-likeness (QED) is 0.739. The number of carbonyl (C=O) groups is 2. The fraction of sp³-hybridized carbons (Fsp3) is 0.263. The van der Waals surface area contributed by atoms with Crippen molar-refractivity contribution in [3.8, 4) is 11.5 Å². The van der Waals surface area contributed by atoms with Gasteiger partial charge in [-0.3, -0.25) is 4.79 Å². The van der Waals surface area contributed by atoms with Gasteiger partial charge < -0.3 is 19.5 Å². The molecule has 0 aliphatic heterocycles. The number of rotatable bonds is 7. The lowest BCUT2D eigenvalue weighted by Crippen LogP contribution is -2.16. The van der Waals surface area contributed by atoms with Crippen LogP contribution in [0.25, 0.3) is 0 Å². The molecule has 1 N–H and O–H groups in total. The van der Waals surface area contributed by atoms with Gasteiger partial charge >= 0.3 is 12.6 Å². The maximum absolute atomic E-state index is 12.6. The van der Waals surface area contributed by atoms with E-state index >= 15 is 0 Å². The van der Waals surface area contributed by atoms with Crippen LogP contribution in [0.4, 0.5) is 14.5 Å². The molecule has 1 amide bonds. The zero-order chi connectivity index (χ0) is 20.0. The van der Waals surface area contributed by atoms with Gasteiger partial charge in [-0.2, -0.15) is 8.78 Å². The minimum absolute atomic E-state index is 0.0390. The zero-order valence-electron chi connectivity index (χ0n) is 15.0. The number of nitrogens with one attached hydrogen (secondary N) is 1. The van der Waals surface area contributed by atoms with E-state index in [1.165, 1.54) is 13.2 Å². The molecule has 0 spiro atoms. The van der Waals surface area contributed by atoms with Gasteiger partial charge in [0, 0.05) is 17.7 Å². The molecular formula is C19H19F2NO5. The summed E-state index contributed by atoms with van der Waals surface area (Å²) in [4.78, 5) is 24.5. The standard InChI is InChI=1S/C19H19F2NO5/c1-4-11-5-7-12(8-6-11)17(23)22-14-10-16(27-19(20)21)15(25-2)9-13(14)18(24)26-3/h5-10,19H,4H2,1-3H3,(H,22,23). The summed E-state index contributed by atoms with van der Waals surface area (Å²) in [5.74, 6) is -1.71. The highest BCUT2D eigenvalue weighted by Gasteiger charge is 2.21. The first-order valence-electron chi connectivity index (χ1n) is 8.05. The maximum Gasteiger partial charge on any atom is 0.387 e. The second-order valence-electron chi connectivity index (χ2n) is 5.42. The number of esters is 1. The van der Waals surface area contributed by atoms with Crippen LogP contribution in [0.1, 0.15) is 33.2 Å². The number of alkyl halides is 2. The molecule has 0 aromatic heterocycles. The molecule has 0 saturated carbocycles. The molecule has 0 unspecified atom stereocenters. The molecule has 6 nitrogen and oxygen atoms in total. The fourth-order valence-corrected chi connectivity index (χ4v) is 2.38. The summed E-state index contributed by atoms with van der Waals surface area (Å²) in [5.41, 5.74) is 1.30. The van der Waals surface area contributed by atoms with E-state index in [1.807, 2.05) is 6.92 Å². The third-order valence-electron chi connectivity index (χ3n) is 3.80. The number of halogens is 2. The highest BCUT2D eigenvalue weighted by atomic mass is 19.3. The van der Waals surface area contributed by atoms with Gasteiger partial charge in [0.2, 0.25) is 0 Å². The third kappa shape index (κ3) is 4.93. The summed E-state index contributed by atoms with van der Waals surface area (Å²) in [7, 11) is 2.40. The smallest absolute Gasteiger partial charge is 0.387 e. The van der Waals surface area contributed by atoms with Gasteiger partial charge in [-0.15, -0.1) is 0 Å². The van der Waals surface area contributed by atoms with Crippen LogP contribution in [0.15, 0.2) is 36.4 Å². The fourth-order valence-electron chi connectivity index (χ4n) is 2.38. The summed E-state index contributed by atoms with van der Waals surface area (Å²) in [6.45, 7) is -1.12. The van der Waals surface area contributed by atoms with Gasteiger partial charge in [0.15, 0.2) is 11.5 Å². The van der Waals surface area contributed by atoms with E-state index in [9.17, 15) is 18.4 Å². The molecule has 0 aliphatic carbocycles. The van der Waals surface area contributed by atoms with Crippen molar-refractivity contribution < 1.29 is 32.6 Å². The topological polar surface area (TPSA) is 73.9 Å². The van der Waals surface area contributed by atoms with Crippen LogP contribution < -0.4 is 14.8 Å². The molecule has 0 saturated heterocycles. The number of ether oxygens (including phenoxy) is 3. The Morgan fingerprint density at radius 3 is 2.26 bits per heavy atom. The molecule has 8 heteroatoms. The second kappa shape index (κ2) is 8.98. The molecule has 0 fully saturated rings. The number of amides is 1. The SMILES string of the molecule is CCc1ccc(C(=O)Nc2cc(OC(F)F)c(OC)cc2C(=O)OC)cc1. The van der Waals surface area contributed by atoms with E-state index in [0.717, 1.165) is 25.2 Å². The second-order valence-corrected chi connectivity index (χ2v) is 5.42. The Bertz CT molecular complexity index is 822. The molecule has 0 heterocycles. The highest BCUT2D eigenvalue weighted by Crippen LogP contribution is 2.35. The molecule has 27 heavy (non-hydrogen) atoms. The number of methoxy groups -OCH3 is 2. The predicted molar refractivity (Wildman–Crippen MR) is 94.7 cm³/mol. The normalized spacial score (nSPS) is 10.4. The molecule has 2 rings (SSSR count). The summed E-state index contributed by atoms with van der Waals surface area (Å²) in [6.07, 6.45) is 0.821. The van der Waals surface area contributed by atoms with Crippen molar-refractivity contribution in [1.29, 1.82) is 0 Å². The third-order valence-corrected chi connectivity index (χ3v) is 3.80. The minimum Gasteiger partial charge on any atom is -0.493 e. The van der Waals surface area contributed by atoms with Crippen LogP contribution in [-0.2, 0) is 11.2 Å². The molecule has 0 aliphatic rings. The largest absolute Gasteiger partial charge is 0.493 e. The monoisotopic (exact) mass is 379 g/mol. The summed E-state index contributed by atoms with van der Waals surface area (Å²) in [5, 5.41) is 2.52. The van der Waals surface area contributed by atoms with Crippen LogP contribution in [0.5, 0.6) is 11.5 Å². The number of carbonyl (C=O) groups excluding carboxylic acids is 2. The molecule has 0 atom stereocenters. The van der Waals surface area contributed by atoms with E-state index in [2.05, 4.69) is 14.8 Å². The van der Waals surface area contributed by atoms with Crippen LogP contribution in [0.2, 0.25) is 0 Å².